The molecule has 0 aliphatic rings. The highest BCUT2D eigenvalue weighted by molar-refractivity contribution is 5.81. The molecule has 0 fully saturated rings. The Bertz CT molecular complexity index is 345. The van der Waals surface area contributed by atoms with Crippen LogP contribution in [0.5, 0.6) is 0 Å². The smallest absolute Gasteiger partial charge is 0.240 e. The van der Waals surface area contributed by atoms with Crippen LogP contribution in [0.25, 0.3) is 0 Å². The number of hydrogen-bond acceptors (Lipinski definition) is 4. The van der Waals surface area contributed by atoms with Crippen molar-refractivity contribution in [3.63, 3.8) is 0 Å². The Labute approximate surface area is 95.9 Å². The first-order valence-electron chi connectivity index (χ1n) is 5.18. The summed E-state index contributed by atoms with van der Waals surface area (Å²) in [6.45, 7) is 6.10. The second-order valence-electron chi connectivity index (χ2n) is 4.70. The molecular formula is C11H18N4O. The lowest BCUT2D eigenvalue weighted by Gasteiger charge is -2.23. The molecule has 0 atom stereocenters. The topological polar surface area (TPSA) is 58.1 Å². The summed E-state index contributed by atoms with van der Waals surface area (Å²) in [6.07, 6.45) is 3.31. The Hall–Kier alpha value is -1.65. The number of nitrogens with one attached hydrogen (secondary N) is 1. The molecule has 1 N–H and O–H groups in total. The zero-order valence-corrected chi connectivity index (χ0v) is 10.2. The van der Waals surface area contributed by atoms with Crippen LogP contribution in [0.4, 0.5) is 5.95 Å². The third-order valence-electron chi connectivity index (χ3n) is 1.79. The van der Waals surface area contributed by atoms with E-state index in [-0.39, 0.29) is 18.0 Å². The average Bonchev–Trinajstić information content (AvgIpc) is 2.16. The lowest BCUT2D eigenvalue weighted by atomic mass is 10.1. The number of hydrogen-bond donors (Lipinski definition) is 1. The van der Waals surface area contributed by atoms with Gasteiger partial charge in [-0.05, 0) is 26.8 Å². The highest BCUT2D eigenvalue weighted by Gasteiger charge is 2.15. The van der Waals surface area contributed by atoms with Crippen LogP contribution in [-0.2, 0) is 4.79 Å². The minimum atomic E-state index is -0.213. The van der Waals surface area contributed by atoms with Gasteiger partial charge in [0, 0.05) is 25.0 Å². The van der Waals surface area contributed by atoms with Gasteiger partial charge in [0.15, 0.2) is 0 Å². The van der Waals surface area contributed by atoms with E-state index in [0.29, 0.717) is 5.95 Å². The normalized spacial score (nSPS) is 11.0. The molecule has 0 aliphatic heterocycles. The highest BCUT2D eigenvalue weighted by atomic mass is 16.2. The van der Waals surface area contributed by atoms with Gasteiger partial charge in [-0.1, -0.05) is 0 Å². The average molecular weight is 222 g/mol. The molecule has 0 aliphatic carbocycles. The van der Waals surface area contributed by atoms with Crippen LogP contribution in [0.15, 0.2) is 18.5 Å². The maximum atomic E-state index is 11.6. The van der Waals surface area contributed by atoms with Crippen molar-refractivity contribution >= 4 is 11.9 Å². The molecule has 1 amide bonds. The van der Waals surface area contributed by atoms with E-state index in [1.54, 1.807) is 30.4 Å². The number of likely N-dealkylation sites (N-methyl/N-ethyl adjacent to an activating group) is 1. The molecule has 88 valence electrons. The van der Waals surface area contributed by atoms with Gasteiger partial charge in [0.05, 0.1) is 6.54 Å². The van der Waals surface area contributed by atoms with Crippen molar-refractivity contribution in [2.45, 2.75) is 26.3 Å². The first-order valence-corrected chi connectivity index (χ1v) is 5.18. The molecule has 1 heterocycles. The molecule has 16 heavy (non-hydrogen) atoms. The molecular weight excluding hydrogens is 204 g/mol. The van der Waals surface area contributed by atoms with E-state index in [1.807, 2.05) is 20.8 Å². The van der Waals surface area contributed by atoms with E-state index in [9.17, 15) is 4.79 Å². The second kappa shape index (κ2) is 4.92. The molecule has 5 heteroatoms. The van der Waals surface area contributed by atoms with E-state index in [1.165, 1.54) is 0 Å². The fourth-order valence-corrected chi connectivity index (χ4v) is 1.23. The molecule has 1 aromatic heterocycles. The monoisotopic (exact) mass is 222 g/mol. The van der Waals surface area contributed by atoms with Gasteiger partial charge >= 0.3 is 0 Å². The van der Waals surface area contributed by atoms with Crippen molar-refractivity contribution in [1.82, 2.24) is 15.3 Å². The van der Waals surface area contributed by atoms with Gasteiger partial charge in [0.2, 0.25) is 11.9 Å². The molecule has 0 spiro atoms. The largest absolute Gasteiger partial charge is 0.350 e. The fraction of sp³-hybridized carbons (Fsp3) is 0.545. The molecule has 0 bridgehead atoms. The van der Waals surface area contributed by atoms with Gasteiger partial charge in [0.1, 0.15) is 0 Å². The standard InChI is InChI=1S/C11H18N4O/c1-11(2,3)14-9(16)8-15(4)10-12-6-5-7-13-10/h5-7H,8H2,1-4H3,(H,14,16). The van der Waals surface area contributed by atoms with Gasteiger partial charge in [-0.2, -0.15) is 0 Å². The molecule has 0 unspecified atom stereocenters. The first kappa shape index (κ1) is 12.4. The summed E-state index contributed by atoms with van der Waals surface area (Å²) in [5.74, 6) is 0.508. The van der Waals surface area contributed by atoms with Gasteiger partial charge in [-0.25, -0.2) is 9.97 Å². The van der Waals surface area contributed by atoms with Crippen LogP contribution < -0.4 is 10.2 Å². The predicted octanol–water partition coefficient (Wildman–Crippen LogP) is 0.827. The Kier molecular flexibility index (Phi) is 3.82. The zero-order chi connectivity index (χ0) is 12.2. The van der Waals surface area contributed by atoms with Crippen LogP contribution >= 0.6 is 0 Å². The van der Waals surface area contributed by atoms with Crippen molar-refractivity contribution in [2.75, 3.05) is 18.5 Å². The van der Waals surface area contributed by atoms with Crippen molar-refractivity contribution in [3.8, 4) is 0 Å². The minimum absolute atomic E-state index is 0.0394. The third kappa shape index (κ3) is 4.25. The molecule has 0 aromatic carbocycles. The minimum Gasteiger partial charge on any atom is -0.350 e. The van der Waals surface area contributed by atoms with Crippen LogP contribution in [0.3, 0.4) is 0 Å². The van der Waals surface area contributed by atoms with Crippen LogP contribution in [0.2, 0.25) is 0 Å². The van der Waals surface area contributed by atoms with Crippen molar-refractivity contribution in [2.24, 2.45) is 0 Å². The Balaban J connectivity index is 2.52. The summed E-state index contributed by atoms with van der Waals surface area (Å²) < 4.78 is 0. The van der Waals surface area contributed by atoms with E-state index < -0.39 is 0 Å². The number of anilines is 1. The lowest BCUT2D eigenvalue weighted by molar-refractivity contribution is -0.121. The van der Waals surface area contributed by atoms with E-state index in [4.69, 9.17) is 0 Å². The summed E-state index contributed by atoms with van der Waals surface area (Å²) >= 11 is 0. The summed E-state index contributed by atoms with van der Waals surface area (Å²) in [5.41, 5.74) is -0.213. The summed E-state index contributed by atoms with van der Waals surface area (Å²) in [7, 11) is 1.79. The van der Waals surface area contributed by atoms with Crippen molar-refractivity contribution in [1.29, 1.82) is 0 Å². The summed E-state index contributed by atoms with van der Waals surface area (Å²) in [4.78, 5) is 21.5. The van der Waals surface area contributed by atoms with Crippen LogP contribution in [-0.4, -0.2) is 35.0 Å². The van der Waals surface area contributed by atoms with E-state index in [2.05, 4.69) is 15.3 Å². The van der Waals surface area contributed by atoms with E-state index >= 15 is 0 Å². The van der Waals surface area contributed by atoms with Crippen LogP contribution in [0.1, 0.15) is 20.8 Å². The number of carbonyl (C=O) groups is 1. The number of nitrogens with zero attached hydrogens (tertiary/aromatic N) is 3. The first-order chi connectivity index (χ1) is 7.38. The van der Waals surface area contributed by atoms with Crippen molar-refractivity contribution < 1.29 is 4.79 Å². The maximum absolute atomic E-state index is 11.6. The molecule has 1 rings (SSSR count). The zero-order valence-electron chi connectivity index (χ0n) is 10.2. The molecule has 0 saturated heterocycles. The number of carbonyl (C=O) groups excluding carboxylic acids is 1. The Morgan fingerprint density at radius 1 is 1.38 bits per heavy atom. The molecule has 0 radical (unpaired) electrons. The molecule has 1 aromatic rings. The van der Waals surface area contributed by atoms with Gasteiger partial charge in [-0.15, -0.1) is 0 Å². The Morgan fingerprint density at radius 2 is 1.94 bits per heavy atom. The predicted molar refractivity (Wildman–Crippen MR) is 63.2 cm³/mol. The Morgan fingerprint density at radius 3 is 2.44 bits per heavy atom. The molecule has 5 nitrogen and oxygen atoms in total. The SMILES string of the molecule is CN(CC(=O)NC(C)(C)C)c1ncccn1. The maximum Gasteiger partial charge on any atom is 0.240 e. The summed E-state index contributed by atoms with van der Waals surface area (Å²) in [5, 5.41) is 2.88. The summed E-state index contributed by atoms with van der Waals surface area (Å²) in [6, 6.07) is 1.74. The quantitative estimate of drug-likeness (QED) is 0.823. The second-order valence-corrected chi connectivity index (χ2v) is 4.70. The van der Waals surface area contributed by atoms with Crippen LogP contribution in [0, 0.1) is 0 Å². The fourth-order valence-electron chi connectivity index (χ4n) is 1.23. The number of aromatic nitrogens is 2. The van der Waals surface area contributed by atoms with Gasteiger partial charge in [0.25, 0.3) is 0 Å². The molecule has 0 saturated carbocycles. The highest BCUT2D eigenvalue weighted by Crippen LogP contribution is 2.02. The third-order valence-corrected chi connectivity index (χ3v) is 1.79. The van der Waals surface area contributed by atoms with Gasteiger partial charge in [-0.3, -0.25) is 4.79 Å². The van der Waals surface area contributed by atoms with E-state index in [0.717, 1.165) is 0 Å². The van der Waals surface area contributed by atoms with Crippen molar-refractivity contribution in [3.05, 3.63) is 18.5 Å². The number of amides is 1. The lowest BCUT2D eigenvalue weighted by Crippen LogP contribution is -2.45. The van der Waals surface area contributed by atoms with Gasteiger partial charge < -0.3 is 10.2 Å². The number of rotatable bonds is 3.